The molecule has 0 unspecified atom stereocenters. The van der Waals surface area contributed by atoms with Crippen LogP contribution in [0.2, 0.25) is 0 Å². The Bertz CT molecular complexity index is 397. The van der Waals surface area contributed by atoms with Crippen LogP contribution < -0.4 is 0 Å². The molecule has 0 saturated heterocycles. The average Bonchev–Trinajstić information content (AvgIpc) is 2.15. The van der Waals surface area contributed by atoms with Gasteiger partial charge in [0, 0.05) is 18.0 Å². The van der Waals surface area contributed by atoms with Gasteiger partial charge in [-0.1, -0.05) is 12.5 Å². The summed E-state index contributed by atoms with van der Waals surface area (Å²) >= 11 is 0. The van der Waals surface area contributed by atoms with E-state index in [0.717, 1.165) is 24.2 Å². The number of carbonyl (C=O) groups excluding carboxylic acids is 1. The highest BCUT2D eigenvalue weighted by Gasteiger charge is 2.41. The van der Waals surface area contributed by atoms with E-state index in [2.05, 4.69) is 4.98 Å². The summed E-state index contributed by atoms with van der Waals surface area (Å²) in [5.74, 6) is -0.209. The van der Waals surface area contributed by atoms with Crippen molar-refractivity contribution in [2.24, 2.45) is 0 Å². The molecule has 1 saturated carbocycles. The first-order valence-corrected chi connectivity index (χ1v) is 5.70. The number of nitrogens with zero attached hydrogens (tertiary/aromatic N) is 1. The van der Waals surface area contributed by atoms with E-state index in [9.17, 15) is 4.79 Å². The van der Waals surface area contributed by atoms with Crippen LogP contribution >= 0.6 is 0 Å². The molecule has 1 aliphatic rings. The molecule has 0 N–H and O–H groups in total. The molecule has 0 spiro atoms. The molecule has 1 aliphatic carbocycles. The lowest BCUT2D eigenvalue weighted by Crippen LogP contribution is -2.40. The molecule has 1 aromatic heterocycles. The third-order valence-electron chi connectivity index (χ3n) is 3.29. The van der Waals surface area contributed by atoms with E-state index in [1.807, 2.05) is 25.1 Å². The monoisotopic (exact) mass is 219 g/mol. The average molecular weight is 219 g/mol. The molecule has 0 aliphatic heterocycles. The predicted octanol–water partition coefficient (Wildman–Crippen LogP) is 2.37. The van der Waals surface area contributed by atoms with Crippen molar-refractivity contribution in [1.82, 2.24) is 4.98 Å². The van der Waals surface area contributed by atoms with Crippen LogP contribution in [0.1, 0.15) is 37.6 Å². The Labute approximate surface area is 95.8 Å². The lowest BCUT2D eigenvalue weighted by atomic mass is 9.67. The third-order valence-corrected chi connectivity index (χ3v) is 3.29. The maximum absolute atomic E-state index is 10.9. The maximum Gasteiger partial charge on any atom is 0.302 e. The minimum atomic E-state index is -0.209. The maximum atomic E-state index is 10.9. The standard InChI is InChI=1S/C13H17NO2/c1-10-5-3-6-12(14-10)13(7-4-8-13)9-16-11(2)15/h3,5-6H,4,7-9H2,1-2H3. The normalized spacial score (nSPS) is 17.6. The van der Waals surface area contributed by atoms with Gasteiger partial charge in [0.2, 0.25) is 0 Å². The molecule has 0 bridgehead atoms. The van der Waals surface area contributed by atoms with Crippen molar-refractivity contribution in [3.8, 4) is 0 Å². The number of rotatable bonds is 3. The Kier molecular flexibility index (Phi) is 2.95. The topological polar surface area (TPSA) is 39.2 Å². The zero-order valence-corrected chi connectivity index (χ0v) is 9.82. The first-order valence-electron chi connectivity index (χ1n) is 5.70. The molecule has 3 heteroatoms. The van der Waals surface area contributed by atoms with Gasteiger partial charge in [-0.25, -0.2) is 0 Å². The van der Waals surface area contributed by atoms with Gasteiger partial charge in [-0.05, 0) is 31.9 Å². The second kappa shape index (κ2) is 4.24. The summed E-state index contributed by atoms with van der Waals surface area (Å²) in [6.45, 7) is 3.91. The Balaban J connectivity index is 2.17. The fourth-order valence-electron chi connectivity index (χ4n) is 2.16. The zero-order chi connectivity index (χ0) is 11.6. The van der Waals surface area contributed by atoms with Crippen molar-refractivity contribution in [2.75, 3.05) is 6.61 Å². The number of aromatic nitrogens is 1. The van der Waals surface area contributed by atoms with Crippen LogP contribution in [0.4, 0.5) is 0 Å². The summed E-state index contributed by atoms with van der Waals surface area (Å²) in [6, 6.07) is 6.04. The Morgan fingerprint density at radius 1 is 1.50 bits per heavy atom. The van der Waals surface area contributed by atoms with Crippen molar-refractivity contribution < 1.29 is 9.53 Å². The van der Waals surface area contributed by atoms with Crippen molar-refractivity contribution >= 4 is 5.97 Å². The van der Waals surface area contributed by atoms with E-state index >= 15 is 0 Å². The quantitative estimate of drug-likeness (QED) is 0.733. The summed E-state index contributed by atoms with van der Waals surface area (Å²) in [7, 11) is 0. The number of aryl methyl sites for hydroxylation is 1. The molecule has 1 aromatic rings. The number of carbonyl (C=O) groups is 1. The Morgan fingerprint density at radius 3 is 2.75 bits per heavy atom. The molecule has 0 radical (unpaired) electrons. The van der Waals surface area contributed by atoms with Crippen LogP contribution in [0.15, 0.2) is 18.2 Å². The molecule has 1 heterocycles. The van der Waals surface area contributed by atoms with Gasteiger partial charge in [0.25, 0.3) is 0 Å². The Morgan fingerprint density at radius 2 is 2.25 bits per heavy atom. The molecule has 0 amide bonds. The highest BCUT2D eigenvalue weighted by Crippen LogP contribution is 2.43. The first-order chi connectivity index (χ1) is 7.62. The zero-order valence-electron chi connectivity index (χ0n) is 9.82. The number of ether oxygens (including phenoxy) is 1. The van der Waals surface area contributed by atoms with Crippen LogP contribution in [0, 0.1) is 6.92 Å². The van der Waals surface area contributed by atoms with E-state index in [4.69, 9.17) is 4.74 Å². The smallest absolute Gasteiger partial charge is 0.302 e. The summed E-state index contributed by atoms with van der Waals surface area (Å²) in [4.78, 5) is 15.4. The Hall–Kier alpha value is -1.38. The predicted molar refractivity (Wildman–Crippen MR) is 61.1 cm³/mol. The van der Waals surface area contributed by atoms with Gasteiger partial charge < -0.3 is 4.74 Å². The van der Waals surface area contributed by atoms with E-state index in [-0.39, 0.29) is 11.4 Å². The molecule has 16 heavy (non-hydrogen) atoms. The fourth-order valence-corrected chi connectivity index (χ4v) is 2.16. The SMILES string of the molecule is CC(=O)OCC1(c2cccc(C)n2)CCC1. The van der Waals surface area contributed by atoms with Gasteiger partial charge in [-0.3, -0.25) is 9.78 Å². The molecule has 3 nitrogen and oxygen atoms in total. The van der Waals surface area contributed by atoms with E-state index in [1.54, 1.807) is 0 Å². The van der Waals surface area contributed by atoms with Crippen LogP contribution in [0.5, 0.6) is 0 Å². The molecule has 2 rings (SSSR count). The van der Waals surface area contributed by atoms with Crippen LogP contribution in [-0.2, 0) is 14.9 Å². The van der Waals surface area contributed by atoms with E-state index in [1.165, 1.54) is 13.3 Å². The van der Waals surface area contributed by atoms with Gasteiger partial charge >= 0.3 is 5.97 Å². The number of esters is 1. The summed E-state index contributed by atoms with van der Waals surface area (Å²) in [5, 5.41) is 0. The van der Waals surface area contributed by atoms with Crippen LogP contribution in [0.25, 0.3) is 0 Å². The molecule has 1 fully saturated rings. The minimum absolute atomic E-state index is 0.0162. The third kappa shape index (κ3) is 2.08. The van der Waals surface area contributed by atoms with E-state index < -0.39 is 0 Å². The number of pyridine rings is 1. The number of hydrogen-bond acceptors (Lipinski definition) is 3. The summed E-state index contributed by atoms with van der Waals surface area (Å²) < 4.78 is 5.16. The second-order valence-electron chi connectivity index (χ2n) is 4.58. The van der Waals surface area contributed by atoms with Gasteiger partial charge in [-0.15, -0.1) is 0 Å². The van der Waals surface area contributed by atoms with Crippen molar-refractivity contribution in [2.45, 2.75) is 38.5 Å². The molecule has 0 aromatic carbocycles. The van der Waals surface area contributed by atoms with Crippen LogP contribution in [-0.4, -0.2) is 17.6 Å². The van der Waals surface area contributed by atoms with Crippen molar-refractivity contribution in [1.29, 1.82) is 0 Å². The lowest BCUT2D eigenvalue weighted by molar-refractivity contribution is -0.144. The van der Waals surface area contributed by atoms with Crippen molar-refractivity contribution in [3.63, 3.8) is 0 Å². The van der Waals surface area contributed by atoms with E-state index in [0.29, 0.717) is 6.61 Å². The van der Waals surface area contributed by atoms with Gasteiger partial charge in [0.15, 0.2) is 0 Å². The highest BCUT2D eigenvalue weighted by molar-refractivity contribution is 5.66. The number of hydrogen-bond donors (Lipinski definition) is 0. The fraction of sp³-hybridized carbons (Fsp3) is 0.538. The van der Waals surface area contributed by atoms with Gasteiger partial charge in [-0.2, -0.15) is 0 Å². The largest absolute Gasteiger partial charge is 0.465 e. The van der Waals surface area contributed by atoms with Gasteiger partial charge in [0.05, 0.1) is 5.69 Å². The summed E-state index contributed by atoms with van der Waals surface area (Å²) in [5.41, 5.74) is 2.07. The highest BCUT2D eigenvalue weighted by atomic mass is 16.5. The van der Waals surface area contributed by atoms with Gasteiger partial charge in [0.1, 0.15) is 6.61 Å². The first kappa shape index (κ1) is 11.1. The molecular formula is C13H17NO2. The molecule has 86 valence electrons. The minimum Gasteiger partial charge on any atom is -0.465 e. The lowest BCUT2D eigenvalue weighted by Gasteiger charge is -2.40. The second-order valence-corrected chi connectivity index (χ2v) is 4.58. The summed E-state index contributed by atoms with van der Waals surface area (Å²) in [6.07, 6.45) is 3.32. The molecule has 0 atom stereocenters. The van der Waals surface area contributed by atoms with Crippen molar-refractivity contribution in [3.05, 3.63) is 29.6 Å². The molecular weight excluding hydrogens is 202 g/mol. The van der Waals surface area contributed by atoms with Crippen LogP contribution in [0.3, 0.4) is 0 Å².